The van der Waals surface area contributed by atoms with Crippen molar-refractivity contribution < 1.29 is 33.3 Å². The zero-order valence-electron chi connectivity index (χ0n) is 20.1. The number of ketones is 1. The Kier molecular flexibility index (Phi) is 5.88. The van der Waals surface area contributed by atoms with Crippen molar-refractivity contribution in [3.05, 3.63) is 70.1 Å². The fraction of sp³-hybridized carbons (Fsp3) is 0.333. The molecule has 5 rings (SSSR count). The summed E-state index contributed by atoms with van der Waals surface area (Å²) in [7, 11) is 4.53. The molecule has 2 aromatic rings. The van der Waals surface area contributed by atoms with Gasteiger partial charge in [0.15, 0.2) is 28.8 Å². The van der Waals surface area contributed by atoms with Gasteiger partial charge in [0, 0.05) is 29.3 Å². The lowest BCUT2D eigenvalue weighted by molar-refractivity contribution is -0.136. The summed E-state index contributed by atoms with van der Waals surface area (Å²) in [6.45, 7) is 1.98. The SMILES string of the molecule is COC(=O)C1=C(C)NC2=C(C(=O)CC(c3ccc(OC)c(OC)c3)C2)C1c1ccc2c(c1)OCO2. The van der Waals surface area contributed by atoms with Crippen LogP contribution in [0.25, 0.3) is 0 Å². The van der Waals surface area contributed by atoms with E-state index in [-0.39, 0.29) is 18.5 Å². The van der Waals surface area contributed by atoms with E-state index >= 15 is 0 Å². The summed E-state index contributed by atoms with van der Waals surface area (Å²) in [6, 6.07) is 11.3. The first kappa shape index (κ1) is 22.8. The number of Topliss-reactive ketones (excluding diaryl/α,β-unsaturated/α-hetero) is 1. The minimum Gasteiger partial charge on any atom is -0.493 e. The first-order valence-electron chi connectivity index (χ1n) is 11.4. The van der Waals surface area contributed by atoms with Gasteiger partial charge < -0.3 is 29.0 Å². The lowest BCUT2D eigenvalue weighted by atomic mass is 9.71. The molecule has 0 saturated carbocycles. The largest absolute Gasteiger partial charge is 0.493 e. The minimum absolute atomic E-state index is 0.0184. The second-order valence-corrected chi connectivity index (χ2v) is 8.74. The van der Waals surface area contributed by atoms with Crippen LogP contribution in [0.4, 0.5) is 0 Å². The minimum atomic E-state index is -0.563. The van der Waals surface area contributed by atoms with Crippen molar-refractivity contribution in [1.82, 2.24) is 5.32 Å². The maximum Gasteiger partial charge on any atom is 0.336 e. The van der Waals surface area contributed by atoms with E-state index in [1.54, 1.807) is 14.2 Å². The number of hydrogen-bond donors (Lipinski definition) is 1. The number of allylic oxidation sites excluding steroid dienone is 3. The van der Waals surface area contributed by atoms with Crippen LogP contribution in [-0.4, -0.2) is 39.9 Å². The molecule has 2 heterocycles. The van der Waals surface area contributed by atoms with E-state index in [0.717, 1.165) is 16.8 Å². The van der Waals surface area contributed by atoms with E-state index in [2.05, 4.69) is 5.32 Å². The summed E-state index contributed by atoms with van der Waals surface area (Å²) in [5.74, 6) is 1.39. The van der Waals surface area contributed by atoms with Crippen molar-refractivity contribution in [3.63, 3.8) is 0 Å². The molecule has 182 valence electrons. The molecule has 0 spiro atoms. The van der Waals surface area contributed by atoms with E-state index in [0.29, 0.717) is 52.7 Å². The number of nitrogens with one attached hydrogen (secondary N) is 1. The van der Waals surface area contributed by atoms with Crippen LogP contribution in [0.15, 0.2) is 58.9 Å². The maximum atomic E-state index is 13.7. The Labute approximate surface area is 203 Å². The predicted molar refractivity (Wildman–Crippen MR) is 127 cm³/mol. The number of fused-ring (bicyclic) bond motifs is 1. The van der Waals surface area contributed by atoms with Crippen molar-refractivity contribution in [3.8, 4) is 23.0 Å². The Balaban J connectivity index is 1.57. The zero-order valence-corrected chi connectivity index (χ0v) is 20.1. The highest BCUT2D eigenvalue weighted by Crippen LogP contribution is 2.48. The molecule has 3 aliphatic rings. The average molecular weight is 478 g/mol. The third-order valence-corrected chi connectivity index (χ3v) is 6.84. The van der Waals surface area contributed by atoms with Gasteiger partial charge in [0.1, 0.15) is 0 Å². The van der Waals surface area contributed by atoms with E-state index in [1.165, 1.54) is 7.11 Å². The number of hydrogen-bond acceptors (Lipinski definition) is 8. The molecule has 1 aliphatic carbocycles. The van der Waals surface area contributed by atoms with Crippen LogP contribution in [0.1, 0.15) is 42.7 Å². The molecule has 0 fully saturated rings. The molecule has 8 heteroatoms. The van der Waals surface area contributed by atoms with Gasteiger partial charge >= 0.3 is 5.97 Å². The van der Waals surface area contributed by atoms with Crippen LogP contribution in [0, 0.1) is 0 Å². The Morgan fingerprint density at radius 2 is 1.69 bits per heavy atom. The molecule has 0 aromatic heterocycles. The summed E-state index contributed by atoms with van der Waals surface area (Å²) in [4.78, 5) is 26.5. The van der Waals surface area contributed by atoms with Crippen molar-refractivity contribution in [2.75, 3.05) is 28.1 Å². The van der Waals surface area contributed by atoms with Crippen molar-refractivity contribution in [1.29, 1.82) is 0 Å². The molecule has 0 bridgehead atoms. The third kappa shape index (κ3) is 3.88. The summed E-state index contributed by atoms with van der Waals surface area (Å²) in [6.07, 6.45) is 0.925. The van der Waals surface area contributed by atoms with Gasteiger partial charge in [0.25, 0.3) is 0 Å². The monoisotopic (exact) mass is 477 g/mol. The molecule has 35 heavy (non-hydrogen) atoms. The fourth-order valence-electron chi connectivity index (χ4n) is 5.19. The zero-order chi connectivity index (χ0) is 24.7. The standard InChI is InChI=1S/C27H27NO7/c1-14-24(27(30)33-4)25(16-6-8-21-23(12-16)35-13-34-21)26-18(28-14)9-17(10-19(26)29)15-5-7-20(31-2)22(11-15)32-3/h5-8,11-12,17,25,28H,9-10,13H2,1-4H3. The van der Waals surface area contributed by atoms with Crippen LogP contribution >= 0.6 is 0 Å². The van der Waals surface area contributed by atoms with Gasteiger partial charge in [-0.25, -0.2) is 4.79 Å². The number of esters is 1. The number of carbonyl (C=O) groups excluding carboxylic acids is 2. The van der Waals surface area contributed by atoms with E-state index in [1.807, 2.05) is 43.3 Å². The molecule has 2 aliphatic heterocycles. The normalized spacial score (nSPS) is 20.9. The van der Waals surface area contributed by atoms with Crippen molar-refractivity contribution >= 4 is 11.8 Å². The lowest BCUT2D eigenvalue weighted by Gasteiger charge is -2.36. The van der Waals surface area contributed by atoms with Crippen LogP contribution in [0.3, 0.4) is 0 Å². The van der Waals surface area contributed by atoms with Gasteiger partial charge in [0.05, 0.1) is 26.9 Å². The number of carbonyl (C=O) groups is 2. The molecule has 2 unspecified atom stereocenters. The van der Waals surface area contributed by atoms with Gasteiger partial charge in [-0.2, -0.15) is 0 Å². The average Bonchev–Trinajstić information content (AvgIpc) is 3.34. The smallest absolute Gasteiger partial charge is 0.336 e. The van der Waals surface area contributed by atoms with Gasteiger partial charge in [0.2, 0.25) is 6.79 Å². The highest BCUT2D eigenvalue weighted by atomic mass is 16.7. The van der Waals surface area contributed by atoms with Crippen molar-refractivity contribution in [2.45, 2.75) is 31.6 Å². The molecule has 8 nitrogen and oxygen atoms in total. The molecule has 2 aromatic carbocycles. The van der Waals surface area contributed by atoms with Gasteiger partial charge in [-0.3, -0.25) is 4.79 Å². The van der Waals surface area contributed by atoms with Gasteiger partial charge in [-0.1, -0.05) is 12.1 Å². The maximum absolute atomic E-state index is 13.7. The lowest BCUT2D eigenvalue weighted by Crippen LogP contribution is -2.36. The topological polar surface area (TPSA) is 92.3 Å². The molecule has 0 amide bonds. The first-order chi connectivity index (χ1) is 16.9. The van der Waals surface area contributed by atoms with E-state index in [4.69, 9.17) is 23.7 Å². The number of dihydropyridines is 1. The van der Waals surface area contributed by atoms with Crippen LogP contribution < -0.4 is 24.3 Å². The van der Waals surface area contributed by atoms with Gasteiger partial charge in [-0.05, 0) is 54.7 Å². The van der Waals surface area contributed by atoms with Crippen LogP contribution in [-0.2, 0) is 14.3 Å². The number of ether oxygens (including phenoxy) is 5. The highest BCUT2D eigenvalue weighted by Gasteiger charge is 2.41. The molecular weight excluding hydrogens is 450 g/mol. The number of benzene rings is 2. The fourth-order valence-corrected chi connectivity index (χ4v) is 5.19. The molecule has 1 N–H and O–H groups in total. The number of methoxy groups -OCH3 is 3. The second-order valence-electron chi connectivity index (χ2n) is 8.74. The van der Waals surface area contributed by atoms with E-state index < -0.39 is 11.9 Å². The molecule has 0 radical (unpaired) electrons. The Morgan fingerprint density at radius 3 is 2.43 bits per heavy atom. The number of rotatable bonds is 5. The summed E-state index contributed by atoms with van der Waals surface area (Å²) < 4.78 is 26.9. The highest BCUT2D eigenvalue weighted by molar-refractivity contribution is 6.04. The first-order valence-corrected chi connectivity index (χ1v) is 11.4. The second kappa shape index (κ2) is 9.02. The van der Waals surface area contributed by atoms with Crippen LogP contribution in [0.2, 0.25) is 0 Å². The summed E-state index contributed by atoms with van der Waals surface area (Å²) >= 11 is 0. The van der Waals surface area contributed by atoms with Gasteiger partial charge in [-0.15, -0.1) is 0 Å². The molecule has 0 saturated heterocycles. The third-order valence-electron chi connectivity index (χ3n) is 6.84. The molecular formula is C27H27NO7. The predicted octanol–water partition coefficient (Wildman–Crippen LogP) is 3.97. The Morgan fingerprint density at radius 1 is 0.943 bits per heavy atom. The summed E-state index contributed by atoms with van der Waals surface area (Å²) in [5, 5.41) is 3.34. The quantitative estimate of drug-likeness (QED) is 0.647. The van der Waals surface area contributed by atoms with Crippen molar-refractivity contribution in [2.24, 2.45) is 0 Å². The Bertz CT molecular complexity index is 1280. The van der Waals surface area contributed by atoms with E-state index in [9.17, 15) is 9.59 Å². The summed E-state index contributed by atoms with van der Waals surface area (Å²) in [5.41, 5.74) is 4.26. The van der Waals surface area contributed by atoms with Crippen LogP contribution in [0.5, 0.6) is 23.0 Å². The Hall–Kier alpha value is -3.94. The molecule has 2 atom stereocenters.